The summed E-state index contributed by atoms with van der Waals surface area (Å²) < 4.78 is 10.6. The molecule has 1 fully saturated rings. The van der Waals surface area contributed by atoms with Crippen LogP contribution in [0.2, 0.25) is 0 Å². The zero-order valence-electron chi connectivity index (χ0n) is 21.2. The SMILES string of the molecule is CCCCCN(C)C1(COC(=O)C(C)C(=O)CCOC)CCN(C(=O)CN(C)CC)CC1. The van der Waals surface area contributed by atoms with Gasteiger partial charge in [0, 0.05) is 26.6 Å². The first-order valence-corrected chi connectivity index (χ1v) is 12.1. The average Bonchev–Trinajstić information content (AvgIpc) is 2.80. The fourth-order valence-corrected chi connectivity index (χ4v) is 3.97. The van der Waals surface area contributed by atoms with Gasteiger partial charge in [-0.25, -0.2) is 0 Å². The minimum absolute atomic E-state index is 0.144. The van der Waals surface area contributed by atoms with Crippen molar-refractivity contribution in [1.29, 1.82) is 0 Å². The molecule has 0 aliphatic carbocycles. The molecule has 0 aromatic rings. The summed E-state index contributed by atoms with van der Waals surface area (Å²) in [5, 5.41) is 0. The van der Waals surface area contributed by atoms with Crippen molar-refractivity contribution in [3.63, 3.8) is 0 Å². The molecule has 1 aliphatic rings. The van der Waals surface area contributed by atoms with Crippen molar-refractivity contribution in [2.75, 3.05) is 67.1 Å². The summed E-state index contributed by atoms with van der Waals surface area (Å²) in [4.78, 5) is 43.6. The summed E-state index contributed by atoms with van der Waals surface area (Å²) in [5.41, 5.74) is -0.313. The molecule has 1 atom stereocenters. The standard InChI is InChI=1S/C24H45N3O5/c1-7-9-10-14-26(5)24(19-32-23(30)20(3)21(28)11-17-31-6)12-15-27(16-13-24)22(29)18-25(4)8-2/h20H,7-19H2,1-6H3. The van der Waals surface area contributed by atoms with Crippen LogP contribution in [0, 0.1) is 5.92 Å². The number of Topliss-reactive ketones (excluding diaryl/α,β-unsaturated/α-hetero) is 1. The van der Waals surface area contributed by atoms with Crippen molar-refractivity contribution in [1.82, 2.24) is 14.7 Å². The predicted octanol–water partition coefficient (Wildman–Crippen LogP) is 2.21. The van der Waals surface area contributed by atoms with E-state index in [9.17, 15) is 14.4 Å². The maximum absolute atomic E-state index is 12.6. The highest BCUT2D eigenvalue weighted by Crippen LogP contribution is 2.29. The van der Waals surface area contributed by atoms with Crippen LogP contribution in [0.3, 0.4) is 0 Å². The summed E-state index contributed by atoms with van der Waals surface area (Å²) in [7, 11) is 5.56. The molecule has 1 amide bonds. The lowest BCUT2D eigenvalue weighted by atomic mass is 9.86. The molecule has 0 spiro atoms. The Balaban J connectivity index is 2.78. The van der Waals surface area contributed by atoms with Crippen LogP contribution in [0.4, 0.5) is 0 Å². The topological polar surface area (TPSA) is 79.4 Å². The van der Waals surface area contributed by atoms with Crippen LogP contribution in [0.5, 0.6) is 0 Å². The first kappa shape index (κ1) is 28.5. The molecule has 186 valence electrons. The first-order valence-electron chi connectivity index (χ1n) is 12.1. The van der Waals surface area contributed by atoms with Gasteiger partial charge >= 0.3 is 5.97 Å². The van der Waals surface area contributed by atoms with Crippen molar-refractivity contribution in [2.45, 2.75) is 64.8 Å². The van der Waals surface area contributed by atoms with Crippen molar-refractivity contribution in [3.05, 3.63) is 0 Å². The van der Waals surface area contributed by atoms with Crippen LogP contribution < -0.4 is 0 Å². The lowest BCUT2D eigenvalue weighted by molar-refractivity contribution is -0.157. The molecule has 32 heavy (non-hydrogen) atoms. The first-order chi connectivity index (χ1) is 15.2. The van der Waals surface area contributed by atoms with Crippen LogP contribution in [0.15, 0.2) is 0 Å². The number of ketones is 1. The molecule has 0 aromatic heterocycles. The Morgan fingerprint density at radius 1 is 1.09 bits per heavy atom. The van der Waals surface area contributed by atoms with Crippen molar-refractivity contribution in [2.24, 2.45) is 5.92 Å². The number of esters is 1. The van der Waals surface area contributed by atoms with E-state index in [0.29, 0.717) is 26.2 Å². The number of carbonyl (C=O) groups is 3. The Morgan fingerprint density at radius 2 is 1.75 bits per heavy atom. The van der Waals surface area contributed by atoms with E-state index < -0.39 is 11.9 Å². The highest BCUT2D eigenvalue weighted by molar-refractivity contribution is 5.98. The van der Waals surface area contributed by atoms with Gasteiger partial charge in [0.05, 0.1) is 18.7 Å². The largest absolute Gasteiger partial charge is 0.463 e. The number of likely N-dealkylation sites (N-methyl/N-ethyl adjacent to an activating group) is 2. The lowest BCUT2D eigenvalue weighted by Crippen LogP contribution is -2.58. The molecule has 1 aliphatic heterocycles. The predicted molar refractivity (Wildman–Crippen MR) is 125 cm³/mol. The van der Waals surface area contributed by atoms with E-state index in [1.54, 1.807) is 6.92 Å². The van der Waals surface area contributed by atoms with E-state index in [4.69, 9.17) is 9.47 Å². The van der Waals surface area contributed by atoms with E-state index in [-0.39, 0.29) is 30.3 Å². The van der Waals surface area contributed by atoms with Gasteiger partial charge in [0.25, 0.3) is 0 Å². The molecule has 1 unspecified atom stereocenters. The second kappa shape index (κ2) is 14.6. The molecule has 1 rings (SSSR count). The van der Waals surface area contributed by atoms with Crippen molar-refractivity contribution >= 4 is 17.7 Å². The van der Waals surface area contributed by atoms with Gasteiger partial charge in [0.2, 0.25) is 5.91 Å². The van der Waals surface area contributed by atoms with E-state index in [2.05, 4.69) is 18.9 Å². The number of ether oxygens (including phenoxy) is 2. The minimum Gasteiger partial charge on any atom is -0.463 e. The summed E-state index contributed by atoms with van der Waals surface area (Å²) in [6.07, 6.45) is 5.08. The summed E-state index contributed by atoms with van der Waals surface area (Å²) in [6, 6.07) is 0. The molecule has 0 bridgehead atoms. The number of carbonyl (C=O) groups excluding carboxylic acids is 3. The maximum atomic E-state index is 12.6. The smallest absolute Gasteiger partial charge is 0.316 e. The van der Waals surface area contributed by atoms with Gasteiger partial charge in [0.15, 0.2) is 0 Å². The number of methoxy groups -OCH3 is 1. The van der Waals surface area contributed by atoms with Gasteiger partial charge in [-0.1, -0.05) is 26.7 Å². The van der Waals surface area contributed by atoms with Gasteiger partial charge < -0.3 is 14.4 Å². The molecule has 1 saturated heterocycles. The van der Waals surface area contributed by atoms with Crippen molar-refractivity contribution in [3.8, 4) is 0 Å². The Labute approximate surface area is 194 Å². The second-order valence-electron chi connectivity index (χ2n) is 9.10. The third-order valence-corrected chi connectivity index (χ3v) is 6.77. The normalized spacial score (nSPS) is 16.9. The third kappa shape index (κ3) is 8.79. The monoisotopic (exact) mass is 455 g/mol. The van der Waals surface area contributed by atoms with Crippen LogP contribution in [0.1, 0.15) is 59.3 Å². The van der Waals surface area contributed by atoms with Gasteiger partial charge in [-0.3, -0.25) is 24.2 Å². The second-order valence-corrected chi connectivity index (χ2v) is 9.10. The molecule has 0 saturated carbocycles. The zero-order chi connectivity index (χ0) is 24.1. The number of amides is 1. The van der Waals surface area contributed by atoms with Crippen LogP contribution >= 0.6 is 0 Å². The average molecular weight is 456 g/mol. The number of hydrogen-bond acceptors (Lipinski definition) is 7. The molecule has 0 radical (unpaired) electrons. The number of nitrogens with zero attached hydrogens (tertiary/aromatic N) is 3. The molecule has 0 N–H and O–H groups in total. The Kier molecular flexibility index (Phi) is 13.0. The molecule has 8 heteroatoms. The van der Waals surface area contributed by atoms with Crippen LogP contribution in [-0.2, 0) is 23.9 Å². The fraction of sp³-hybridized carbons (Fsp3) is 0.875. The van der Waals surface area contributed by atoms with Gasteiger partial charge in [-0.2, -0.15) is 0 Å². The molecular formula is C24H45N3O5. The number of hydrogen-bond donors (Lipinski definition) is 0. The van der Waals surface area contributed by atoms with E-state index in [1.165, 1.54) is 7.11 Å². The molecule has 0 aromatic carbocycles. The quantitative estimate of drug-likeness (QED) is 0.213. The summed E-state index contributed by atoms with van der Waals surface area (Å²) in [6.45, 7) is 9.83. The van der Waals surface area contributed by atoms with Gasteiger partial charge in [0.1, 0.15) is 18.3 Å². The highest BCUT2D eigenvalue weighted by atomic mass is 16.5. The zero-order valence-corrected chi connectivity index (χ0v) is 21.2. The Hall–Kier alpha value is -1.51. The van der Waals surface area contributed by atoms with Gasteiger partial charge in [-0.05, 0) is 53.4 Å². The molecule has 1 heterocycles. The fourth-order valence-electron chi connectivity index (χ4n) is 3.97. The highest BCUT2D eigenvalue weighted by Gasteiger charge is 2.41. The number of unbranched alkanes of at least 4 members (excludes halogenated alkanes) is 2. The Morgan fingerprint density at radius 3 is 2.31 bits per heavy atom. The summed E-state index contributed by atoms with van der Waals surface area (Å²) >= 11 is 0. The third-order valence-electron chi connectivity index (χ3n) is 6.77. The van der Waals surface area contributed by atoms with Gasteiger partial charge in [-0.15, -0.1) is 0 Å². The number of rotatable bonds is 15. The molecule has 8 nitrogen and oxygen atoms in total. The minimum atomic E-state index is -0.793. The molecular weight excluding hydrogens is 410 g/mol. The summed E-state index contributed by atoms with van der Waals surface area (Å²) in [5.74, 6) is -1.29. The number of piperidine rings is 1. The Bertz CT molecular complexity index is 590. The van der Waals surface area contributed by atoms with Crippen LogP contribution in [0.25, 0.3) is 0 Å². The number of likely N-dealkylation sites (tertiary alicyclic amines) is 1. The lowest BCUT2D eigenvalue weighted by Gasteiger charge is -2.47. The van der Waals surface area contributed by atoms with E-state index in [1.807, 2.05) is 23.8 Å². The van der Waals surface area contributed by atoms with Crippen LogP contribution in [-0.4, -0.2) is 105 Å². The van der Waals surface area contributed by atoms with E-state index in [0.717, 1.165) is 45.2 Å². The van der Waals surface area contributed by atoms with E-state index >= 15 is 0 Å². The maximum Gasteiger partial charge on any atom is 0.316 e. The van der Waals surface area contributed by atoms with Crippen molar-refractivity contribution < 1.29 is 23.9 Å².